The zero-order valence-corrected chi connectivity index (χ0v) is 11.7. The van der Waals surface area contributed by atoms with Crippen molar-refractivity contribution in [1.82, 2.24) is 4.90 Å². The van der Waals surface area contributed by atoms with Gasteiger partial charge in [-0.2, -0.15) is 13.2 Å². The topological polar surface area (TPSA) is 58.4 Å². The van der Waals surface area contributed by atoms with Crippen LogP contribution in [0.1, 0.15) is 25.3 Å². The number of nitrogen functional groups attached to an aromatic ring is 1. The van der Waals surface area contributed by atoms with E-state index in [1.54, 1.807) is 0 Å². The van der Waals surface area contributed by atoms with Crippen LogP contribution in [-0.4, -0.2) is 24.0 Å². The highest BCUT2D eigenvalue weighted by Gasteiger charge is 2.34. The number of carbonyl (C=O) groups is 1. The largest absolute Gasteiger partial charge is 0.418 e. The Balaban J connectivity index is 2.14. The van der Waals surface area contributed by atoms with E-state index in [0.717, 1.165) is 18.9 Å². The average Bonchev–Trinajstić information content (AvgIpc) is 2.40. The molecule has 1 aromatic carbocycles. The number of anilines is 2. The second kappa shape index (κ2) is 5.83. The van der Waals surface area contributed by atoms with Gasteiger partial charge in [-0.15, -0.1) is 0 Å². The van der Waals surface area contributed by atoms with Crippen LogP contribution >= 0.6 is 0 Å². The summed E-state index contributed by atoms with van der Waals surface area (Å²) in [5, 5.41) is 2.34. The maximum atomic E-state index is 13.0. The van der Waals surface area contributed by atoms with E-state index < -0.39 is 17.8 Å². The molecule has 1 aliphatic heterocycles. The number of carbonyl (C=O) groups excluding carboxylic acids is 1. The van der Waals surface area contributed by atoms with Gasteiger partial charge in [0.1, 0.15) is 0 Å². The summed E-state index contributed by atoms with van der Waals surface area (Å²) in [6, 6.07) is 2.84. The fourth-order valence-corrected chi connectivity index (χ4v) is 2.31. The van der Waals surface area contributed by atoms with Gasteiger partial charge in [0.05, 0.1) is 11.3 Å². The maximum Gasteiger partial charge on any atom is 0.418 e. The molecule has 1 fully saturated rings. The van der Waals surface area contributed by atoms with Crippen molar-refractivity contribution < 1.29 is 18.0 Å². The quantitative estimate of drug-likeness (QED) is 0.779. The molecule has 2 amide bonds. The van der Waals surface area contributed by atoms with Gasteiger partial charge >= 0.3 is 12.2 Å². The lowest BCUT2D eigenvalue weighted by atomic mass is 10.00. The highest BCUT2D eigenvalue weighted by atomic mass is 19.4. The van der Waals surface area contributed by atoms with Crippen molar-refractivity contribution in [2.24, 2.45) is 5.92 Å². The Labute approximate surface area is 121 Å². The number of nitrogens with one attached hydrogen (secondary N) is 1. The van der Waals surface area contributed by atoms with E-state index in [-0.39, 0.29) is 11.4 Å². The molecule has 7 heteroatoms. The van der Waals surface area contributed by atoms with Crippen LogP contribution in [0.25, 0.3) is 0 Å². The second-order valence-corrected chi connectivity index (χ2v) is 5.40. The molecular weight excluding hydrogens is 283 g/mol. The van der Waals surface area contributed by atoms with Crippen molar-refractivity contribution >= 4 is 17.4 Å². The minimum absolute atomic E-state index is 0.00659. The van der Waals surface area contributed by atoms with Crippen LogP contribution in [0.3, 0.4) is 0 Å². The van der Waals surface area contributed by atoms with Crippen LogP contribution in [0, 0.1) is 5.92 Å². The Bertz CT molecular complexity index is 523. The number of benzene rings is 1. The lowest BCUT2D eigenvalue weighted by molar-refractivity contribution is -0.136. The molecule has 2 rings (SSSR count). The Morgan fingerprint density at radius 1 is 1.33 bits per heavy atom. The second-order valence-electron chi connectivity index (χ2n) is 5.40. The molecule has 116 valence electrons. The summed E-state index contributed by atoms with van der Waals surface area (Å²) in [6.45, 7) is 3.21. The number of rotatable bonds is 1. The zero-order valence-electron chi connectivity index (χ0n) is 11.7. The smallest absolute Gasteiger partial charge is 0.399 e. The highest BCUT2D eigenvalue weighted by Crippen LogP contribution is 2.36. The molecule has 3 N–H and O–H groups in total. The van der Waals surface area contributed by atoms with Crippen LogP contribution < -0.4 is 11.1 Å². The summed E-state index contributed by atoms with van der Waals surface area (Å²) in [5.74, 6) is 0.538. The number of piperidine rings is 1. The number of likely N-dealkylation sites (tertiary alicyclic amines) is 1. The molecule has 0 saturated carbocycles. The highest BCUT2D eigenvalue weighted by molar-refractivity contribution is 5.90. The summed E-state index contributed by atoms with van der Waals surface area (Å²) in [6.07, 6.45) is -2.84. The summed E-state index contributed by atoms with van der Waals surface area (Å²) in [5.41, 5.74) is 4.20. The van der Waals surface area contributed by atoms with Crippen LogP contribution in [-0.2, 0) is 6.18 Å². The third kappa shape index (κ3) is 3.80. The molecule has 0 spiro atoms. The van der Waals surface area contributed by atoms with Crippen molar-refractivity contribution in [2.75, 3.05) is 24.1 Å². The van der Waals surface area contributed by atoms with Crippen molar-refractivity contribution in [3.63, 3.8) is 0 Å². The molecular formula is C14H18F3N3O. The number of urea groups is 1. The molecule has 1 heterocycles. The van der Waals surface area contributed by atoms with Crippen LogP contribution in [0.2, 0.25) is 0 Å². The molecule has 1 aromatic rings. The summed E-state index contributed by atoms with van der Waals surface area (Å²) in [4.78, 5) is 13.6. The lowest BCUT2D eigenvalue weighted by Gasteiger charge is -2.30. The number of nitrogens with two attached hydrogens (primary N) is 1. The molecule has 21 heavy (non-hydrogen) atoms. The third-order valence-corrected chi connectivity index (χ3v) is 3.66. The molecule has 0 atom stereocenters. The lowest BCUT2D eigenvalue weighted by Crippen LogP contribution is -2.40. The SMILES string of the molecule is CC1CCN(C(=O)Nc2ccc(N)cc2C(F)(F)F)CC1. The molecule has 1 saturated heterocycles. The molecule has 0 bridgehead atoms. The Morgan fingerprint density at radius 3 is 2.52 bits per heavy atom. The molecule has 0 aliphatic carbocycles. The summed E-state index contributed by atoms with van der Waals surface area (Å²) >= 11 is 0. The number of halogens is 3. The minimum atomic E-state index is -4.56. The summed E-state index contributed by atoms with van der Waals surface area (Å²) in [7, 11) is 0. The Kier molecular flexibility index (Phi) is 4.29. The van der Waals surface area contributed by atoms with E-state index in [9.17, 15) is 18.0 Å². The number of hydrogen-bond donors (Lipinski definition) is 2. The van der Waals surface area contributed by atoms with E-state index in [2.05, 4.69) is 12.2 Å². The molecule has 0 radical (unpaired) electrons. The fraction of sp³-hybridized carbons (Fsp3) is 0.500. The molecule has 0 unspecified atom stereocenters. The van der Waals surface area contributed by atoms with Gasteiger partial charge in [-0.05, 0) is 37.0 Å². The predicted molar refractivity (Wildman–Crippen MR) is 74.8 cm³/mol. The third-order valence-electron chi connectivity index (χ3n) is 3.66. The first-order chi connectivity index (χ1) is 9.77. The van der Waals surface area contributed by atoms with E-state index in [4.69, 9.17) is 5.73 Å². The number of hydrogen-bond acceptors (Lipinski definition) is 2. The van der Waals surface area contributed by atoms with Gasteiger partial charge in [0, 0.05) is 18.8 Å². The van der Waals surface area contributed by atoms with E-state index >= 15 is 0 Å². The van der Waals surface area contributed by atoms with Gasteiger partial charge in [-0.3, -0.25) is 0 Å². The van der Waals surface area contributed by atoms with E-state index in [0.29, 0.717) is 19.0 Å². The van der Waals surface area contributed by atoms with Gasteiger partial charge in [0.15, 0.2) is 0 Å². The zero-order chi connectivity index (χ0) is 15.6. The van der Waals surface area contributed by atoms with E-state index in [1.165, 1.54) is 17.0 Å². The first-order valence-electron chi connectivity index (χ1n) is 6.80. The van der Waals surface area contributed by atoms with Gasteiger partial charge in [0.25, 0.3) is 0 Å². The first-order valence-corrected chi connectivity index (χ1v) is 6.80. The average molecular weight is 301 g/mol. The monoisotopic (exact) mass is 301 g/mol. The van der Waals surface area contributed by atoms with Crippen molar-refractivity contribution in [3.8, 4) is 0 Å². The van der Waals surface area contributed by atoms with Crippen LogP contribution in [0.15, 0.2) is 18.2 Å². The van der Waals surface area contributed by atoms with E-state index in [1.807, 2.05) is 0 Å². The van der Waals surface area contributed by atoms with Gasteiger partial charge in [0.2, 0.25) is 0 Å². The van der Waals surface area contributed by atoms with Gasteiger partial charge < -0.3 is 16.0 Å². The van der Waals surface area contributed by atoms with Crippen LogP contribution in [0.5, 0.6) is 0 Å². The number of nitrogens with zero attached hydrogens (tertiary/aromatic N) is 1. The summed E-state index contributed by atoms with van der Waals surface area (Å²) < 4.78 is 38.9. The van der Waals surface area contributed by atoms with Gasteiger partial charge in [-0.25, -0.2) is 4.79 Å². The first kappa shape index (κ1) is 15.5. The molecule has 0 aromatic heterocycles. The number of alkyl halides is 3. The molecule has 1 aliphatic rings. The van der Waals surface area contributed by atoms with Crippen molar-refractivity contribution in [3.05, 3.63) is 23.8 Å². The maximum absolute atomic E-state index is 13.0. The molecule has 4 nitrogen and oxygen atoms in total. The number of amides is 2. The minimum Gasteiger partial charge on any atom is -0.399 e. The van der Waals surface area contributed by atoms with Crippen molar-refractivity contribution in [1.29, 1.82) is 0 Å². The fourth-order valence-electron chi connectivity index (χ4n) is 2.31. The van der Waals surface area contributed by atoms with Crippen molar-refractivity contribution in [2.45, 2.75) is 25.9 Å². The standard InChI is InChI=1S/C14H18F3N3O/c1-9-4-6-20(7-5-9)13(21)19-12-3-2-10(18)8-11(12)14(15,16)17/h2-3,8-9H,4-7,18H2,1H3,(H,19,21). The Hall–Kier alpha value is -1.92. The normalized spacial score (nSPS) is 16.9. The van der Waals surface area contributed by atoms with Gasteiger partial charge in [-0.1, -0.05) is 6.92 Å². The Morgan fingerprint density at radius 2 is 1.95 bits per heavy atom. The predicted octanol–water partition coefficient (Wildman–Crippen LogP) is 3.55. The van der Waals surface area contributed by atoms with Crippen LogP contribution in [0.4, 0.5) is 29.3 Å².